The van der Waals surface area contributed by atoms with Crippen LogP contribution in [0.3, 0.4) is 0 Å². The van der Waals surface area contributed by atoms with Crippen molar-refractivity contribution in [3.63, 3.8) is 0 Å². The van der Waals surface area contributed by atoms with Gasteiger partial charge < -0.3 is 10.4 Å². The Morgan fingerprint density at radius 3 is 1.48 bits per heavy atom. The fourth-order valence-electron chi connectivity index (χ4n) is 3.28. The predicted octanol–water partition coefficient (Wildman–Crippen LogP) is 6.25. The summed E-state index contributed by atoms with van der Waals surface area (Å²) in [5.41, 5.74) is 0. The van der Waals surface area contributed by atoms with Crippen LogP contribution in [0.25, 0.3) is 0 Å². The number of unbranched alkanes of at least 4 members (excludes halogenated alkanes) is 14. The van der Waals surface area contributed by atoms with Gasteiger partial charge in [0.15, 0.2) is 0 Å². The SMILES string of the molecule is CCCCCCCCCCCCCCCCCC1=NCCN1.CCO. The Hall–Kier alpha value is -0.570. The number of aliphatic hydroxyl groups excluding tert-OH is 1. The van der Waals surface area contributed by atoms with Crippen molar-refractivity contribution < 1.29 is 5.11 Å². The van der Waals surface area contributed by atoms with Gasteiger partial charge in [0.2, 0.25) is 0 Å². The largest absolute Gasteiger partial charge is 0.397 e. The van der Waals surface area contributed by atoms with Crippen molar-refractivity contribution in [2.24, 2.45) is 4.99 Å². The second-order valence-electron chi connectivity index (χ2n) is 7.27. The maximum atomic E-state index is 7.57. The standard InChI is InChI=1S/C20H40N2.C2H6O/c1-2-3-4-5-6-7-8-9-10-11-12-13-14-15-16-17-20-21-18-19-22-20;1-2-3/h2-19H2,1H3,(H,21,22);3H,2H2,1H3. The van der Waals surface area contributed by atoms with Crippen LogP contribution >= 0.6 is 0 Å². The van der Waals surface area contributed by atoms with Gasteiger partial charge in [-0.3, -0.25) is 4.99 Å². The number of aliphatic imine (C=N–C) groups is 1. The number of rotatable bonds is 16. The van der Waals surface area contributed by atoms with E-state index in [1.54, 1.807) is 6.92 Å². The molecule has 25 heavy (non-hydrogen) atoms. The molecule has 0 aromatic carbocycles. The number of amidine groups is 1. The van der Waals surface area contributed by atoms with Crippen molar-refractivity contribution in [2.45, 2.75) is 117 Å². The van der Waals surface area contributed by atoms with Gasteiger partial charge >= 0.3 is 0 Å². The van der Waals surface area contributed by atoms with E-state index in [1.807, 2.05) is 0 Å². The Labute approximate surface area is 158 Å². The van der Waals surface area contributed by atoms with Crippen LogP contribution < -0.4 is 5.32 Å². The first-order valence-electron chi connectivity index (χ1n) is 11.2. The quantitative estimate of drug-likeness (QED) is 0.322. The molecule has 0 aliphatic carbocycles. The summed E-state index contributed by atoms with van der Waals surface area (Å²) >= 11 is 0. The zero-order valence-corrected chi connectivity index (χ0v) is 17.3. The number of hydrogen-bond acceptors (Lipinski definition) is 3. The summed E-state index contributed by atoms with van der Waals surface area (Å²) in [6.45, 7) is 6.28. The molecule has 0 saturated carbocycles. The van der Waals surface area contributed by atoms with E-state index in [1.165, 1.54) is 109 Å². The Kier molecular flexibility index (Phi) is 21.0. The molecule has 0 amide bonds. The van der Waals surface area contributed by atoms with Crippen molar-refractivity contribution in [1.82, 2.24) is 5.32 Å². The van der Waals surface area contributed by atoms with E-state index in [0.29, 0.717) is 0 Å². The lowest BCUT2D eigenvalue weighted by atomic mass is 10.0. The molecule has 0 spiro atoms. The van der Waals surface area contributed by atoms with Crippen molar-refractivity contribution in [1.29, 1.82) is 0 Å². The van der Waals surface area contributed by atoms with E-state index in [0.717, 1.165) is 13.1 Å². The van der Waals surface area contributed by atoms with Gasteiger partial charge in [-0.1, -0.05) is 96.8 Å². The molecule has 0 atom stereocenters. The summed E-state index contributed by atoms with van der Waals surface area (Å²) in [5, 5.41) is 10.9. The van der Waals surface area contributed by atoms with E-state index in [4.69, 9.17) is 5.11 Å². The maximum Gasteiger partial charge on any atom is 0.0964 e. The molecule has 3 heteroatoms. The number of nitrogens with one attached hydrogen (secondary N) is 1. The zero-order chi connectivity index (χ0) is 18.4. The van der Waals surface area contributed by atoms with Crippen LogP contribution in [0.5, 0.6) is 0 Å². The minimum absolute atomic E-state index is 0.250. The zero-order valence-electron chi connectivity index (χ0n) is 17.3. The number of hydrogen-bond donors (Lipinski definition) is 2. The van der Waals surface area contributed by atoms with Crippen molar-refractivity contribution in [2.75, 3.05) is 19.7 Å². The molecule has 0 radical (unpaired) electrons. The predicted molar refractivity (Wildman–Crippen MR) is 113 cm³/mol. The van der Waals surface area contributed by atoms with Crippen LogP contribution in [0.1, 0.15) is 117 Å². The van der Waals surface area contributed by atoms with Gasteiger partial charge in [-0.25, -0.2) is 0 Å². The smallest absolute Gasteiger partial charge is 0.0964 e. The third kappa shape index (κ3) is 19.6. The highest BCUT2D eigenvalue weighted by atomic mass is 16.2. The fourth-order valence-corrected chi connectivity index (χ4v) is 3.28. The van der Waals surface area contributed by atoms with E-state index < -0.39 is 0 Å². The van der Waals surface area contributed by atoms with Crippen molar-refractivity contribution in [3.05, 3.63) is 0 Å². The molecule has 0 saturated heterocycles. The maximum absolute atomic E-state index is 7.57. The van der Waals surface area contributed by atoms with E-state index >= 15 is 0 Å². The summed E-state index contributed by atoms with van der Waals surface area (Å²) in [5.74, 6) is 1.26. The second-order valence-corrected chi connectivity index (χ2v) is 7.27. The molecule has 0 aromatic heterocycles. The van der Waals surface area contributed by atoms with Crippen LogP contribution in [0.15, 0.2) is 4.99 Å². The Morgan fingerprint density at radius 2 is 1.12 bits per heavy atom. The summed E-state index contributed by atoms with van der Waals surface area (Å²) in [6, 6.07) is 0. The van der Waals surface area contributed by atoms with Crippen molar-refractivity contribution in [3.8, 4) is 0 Å². The first-order valence-corrected chi connectivity index (χ1v) is 11.2. The van der Waals surface area contributed by atoms with Gasteiger partial charge in [0, 0.05) is 19.6 Å². The first-order chi connectivity index (χ1) is 12.3. The van der Waals surface area contributed by atoms with Crippen LogP contribution in [0.4, 0.5) is 0 Å². The van der Waals surface area contributed by atoms with Crippen LogP contribution in [0, 0.1) is 0 Å². The Balaban J connectivity index is 0.00000178. The molecule has 1 rings (SSSR count). The van der Waals surface area contributed by atoms with Crippen LogP contribution in [-0.4, -0.2) is 30.6 Å². The molecule has 1 aliphatic heterocycles. The highest BCUT2D eigenvalue weighted by Crippen LogP contribution is 2.13. The molecule has 0 aromatic rings. The summed E-state index contributed by atoms with van der Waals surface area (Å²) in [4.78, 5) is 4.44. The third-order valence-corrected chi connectivity index (χ3v) is 4.76. The highest BCUT2D eigenvalue weighted by molar-refractivity contribution is 5.83. The molecular weight excluding hydrogens is 308 g/mol. The van der Waals surface area contributed by atoms with Gasteiger partial charge in [-0.15, -0.1) is 0 Å². The second kappa shape index (κ2) is 21.5. The first kappa shape index (κ1) is 24.4. The fraction of sp³-hybridized carbons (Fsp3) is 0.955. The monoisotopic (exact) mass is 354 g/mol. The third-order valence-electron chi connectivity index (χ3n) is 4.76. The minimum Gasteiger partial charge on any atom is -0.397 e. The lowest BCUT2D eigenvalue weighted by Crippen LogP contribution is -2.17. The lowest BCUT2D eigenvalue weighted by molar-refractivity contribution is 0.318. The molecule has 2 N–H and O–H groups in total. The molecule has 0 bridgehead atoms. The molecule has 0 fully saturated rings. The number of aliphatic hydroxyl groups is 1. The van der Waals surface area contributed by atoms with Gasteiger partial charge in [0.1, 0.15) is 0 Å². The van der Waals surface area contributed by atoms with Gasteiger partial charge in [-0.05, 0) is 13.3 Å². The Bertz CT molecular complexity index is 279. The van der Waals surface area contributed by atoms with Crippen LogP contribution in [-0.2, 0) is 0 Å². The summed E-state index contributed by atoms with van der Waals surface area (Å²) in [6.07, 6.45) is 22.8. The van der Waals surface area contributed by atoms with Gasteiger partial charge in [0.05, 0.1) is 12.4 Å². The minimum atomic E-state index is 0.250. The number of nitrogens with zero attached hydrogens (tertiary/aromatic N) is 1. The average molecular weight is 355 g/mol. The topological polar surface area (TPSA) is 44.6 Å². The summed E-state index contributed by atoms with van der Waals surface area (Å²) < 4.78 is 0. The molecule has 1 aliphatic rings. The summed E-state index contributed by atoms with van der Waals surface area (Å²) in [7, 11) is 0. The molecule has 3 nitrogen and oxygen atoms in total. The normalized spacial score (nSPS) is 13.2. The average Bonchev–Trinajstić information content (AvgIpc) is 3.12. The lowest BCUT2D eigenvalue weighted by Gasteiger charge is -2.04. The highest BCUT2D eigenvalue weighted by Gasteiger charge is 2.03. The molecular formula is C22H46N2O. The Morgan fingerprint density at radius 1 is 0.720 bits per heavy atom. The van der Waals surface area contributed by atoms with Gasteiger partial charge in [0.25, 0.3) is 0 Å². The van der Waals surface area contributed by atoms with E-state index in [9.17, 15) is 0 Å². The van der Waals surface area contributed by atoms with Gasteiger partial charge in [-0.2, -0.15) is 0 Å². The van der Waals surface area contributed by atoms with E-state index in [-0.39, 0.29) is 6.61 Å². The molecule has 1 heterocycles. The van der Waals surface area contributed by atoms with Crippen molar-refractivity contribution >= 4 is 5.84 Å². The molecule has 150 valence electrons. The van der Waals surface area contributed by atoms with Crippen LogP contribution in [0.2, 0.25) is 0 Å². The molecule has 0 unspecified atom stereocenters. The van der Waals surface area contributed by atoms with E-state index in [2.05, 4.69) is 17.2 Å².